The van der Waals surface area contributed by atoms with E-state index in [4.69, 9.17) is 0 Å². The van der Waals surface area contributed by atoms with Crippen molar-refractivity contribution in [3.8, 4) is 55.9 Å². The molecule has 0 N–H and O–H groups in total. The summed E-state index contributed by atoms with van der Waals surface area (Å²) in [5.74, 6) is 0. The van der Waals surface area contributed by atoms with Crippen LogP contribution in [0, 0.1) is 0 Å². The highest BCUT2D eigenvalue weighted by atomic mass is 15.0. The Bertz CT molecular complexity index is 4030. The van der Waals surface area contributed by atoms with Crippen LogP contribution in [-0.4, -0.2) is 9.13 Å². The van der Waals surface area contributed by atoms with E-state index in [1.807, 2.05) is 0 Å². The van der Waals surface area contributed by atoms with Crippen molar-refractivity contribution in [3.05, 3.63) is 218 Å². The molecule has 0 spiro atoms. The summed E-state index contributed by atoms with van der Waals surface area (Å²) >= 11 is 0. The molecule has 0 aliphatic heterocycles. The van der Waals surface area contributed by atoms with Gasteiger partial charge in [-0.2, -0.15) is 0 Å². The van der Waals surface area contributed by atoms with Crippen molar-refractivity contribution in [1.82, 2.24) is 9.13 Å². The first-order valence-electron chi connectivity index (χ1n) is 21.5. The van der Waals surface area contributed by atoms with Gasteiger partial charge in [0.05, 0.1) is 22.1 Å². The maximum atomic E-state index is 2.49. The Hall–Kier alpha value is -8.20. The molecule has 2 heteroatoms. The number of rotatable bonds is 4. The monoisotopic (exact) mass is 784 g/mol. The fourth-order valence-electron chi connectivity index (χ4n) is 10.8. The van der Waals surface area contributed by atoms with Gasteiger partial charge in [-0.1, -0.05) is 146 Å². The van der Waals surface area contributed by atoms with Crippen LogP contribution in [0.2, 0.25) is 0 Å². The Morgan fingerprint density at radius 1 is 0.242 bits per heavy atom. The van der Waals surface area contributed by atoms with Gasteiger partial charge >= 0.3 is 0 Å². The molecule has 14 rings (SSSR count). The molecule has 0 saturated heterocycles. The number of benzene rings is 11. The molecule has 2 aromatic heterocycles. The average molecular weight is 785 g/mol. The van der Waals surface area contributed by atoms with Crippen molar-refractivity contribution in [1.29, 1.82) is 0 Å². The highest BCUT2D eigenvalue weighted by Gasteiger charge is 2.22. The fraction of sp³-hybridized carbons (Fsp3) is 0. The Labute approximate surface area is 357 Å². The van der Waals surface area contributed by atoms with E-state index in [0.29, 0.717) is 0 Å². The Morgan fingerprint density at radius 2 is 0.823 bits per heavy atom. The van der Waals surface area contributed by atoms with E-state index in [2.05, 4.69) is 228 Å². The number of nitrogens with zero attached hydrogens (tertiary/aromatic N) is 2. The Balaban J connectivity index is 0.917. The number of para-hydroxylation sites is 2. The highest BCUT2D eigenvalue weighted by molar-refractivity contribution is 6.20. The molecule has 0 radical (unpaired) electrons. The van der Waals surface area contributed by atoms with E-state index in [1.165, 1.54) is 126 Å². The molecular weight excluding hydrogens is 749 g/mol. The second kappa shape index (κ2) is 12.7. The first kappa shape index (κ1) is 33.6. The van der Waals surface area contributed by atoms with Gasteiger partial charge in [0.1, 0.15) is 0 Å². The molecule has 0 unspecified atom stereocenters. The zero-order valence-electron chi connectivity index (χ0n) is 33.7. The SMILES string of the molecule is c1ccc(-n2c3ccccc3c3cc(-c4ccc5c(c4)c4ccc6ccccc6c4n5-c4ccc5cc(-c6cc7c8c(cccc8c6)-c6ccccc6-7)ccc5c4)ccc32)cc1. The van der Waals surface area contributed by atoms with Crippen LogP contribution in [0.25, 0.3) is 132 Å². The minimum Gasteiger partial charge on any atom is -0.309 e. The number of hydrogen-bond acceptors (Lipinski definition) is 0. The lowest BCUT2D eigenvalue weighted by Crippen LogP contribution is -1.95. The molecule has 286 valence electrons. The summed E-state index contributed by atoms with van der Waals surface area (Å²) in [6, 6.07) is 81.1. The highest BCUT2D eigenvalue weighted by Crippen LogP contribution is 2.49. The van der Waals surface area contributed by atoms with Gasteiger partial charge in [0, 0.05) is 38.3 Å². The maximum Gasteiger partial charge on any atom is 0.0619 e. The summed E-state index contributed by atoms with van der Waals surface area (Å²) < 4.78 is 4.87. The molecule has 13 aromatic rings. The lowest BCUT2D eigenvalue weighted by Gasteiger charge is -2.13. The largest absolute Gasteiger partial charge is 0.309 e. The van der Waals surface area contributed by atoms with Crippen molar-refractivity contribution in [2.45, 2.75) is 0 Å². The zero-order valence-corrected chi connectivity index (χ0v) is 33.7. The fourth-order valence-corrected chi connectivity index (χ4v) is 10.8. The van der Waals surface area contributed by atoms with Crippen molar-refractivity contribution in [2.24, 2.45) is 0 Å². The lowest BCUT2D eigenvalue weighted by atomic mass is 9.95. The van der Waals surface area contributed by atoms with Gasteiger partial charge in [-0.05, 0) is 144 Å². The molecule has 1 aliphatic carbocycles. The minimum atomic E-state index is 1.16. The molecule has 0 fully saturated rings. The molecule has 0 amide bonds. The first-order valence-corrected chi connectivity index (χ1v) is 21.5. The zero-order chi connectivity index (χ0) is 40.5. The van der Waals surface area contributed by atoms with Gasteiger partial charge in [-0.25, -0.2) is 0 Å². The average Bonchev–Trinajstić information content (AvgIpc) is 3.97. The molecule has 2 heterocycles. The minimum absolute atomic E-state index is 1.16. The van der Waals surface area contributed by atoms with E-state index in [1.54, 1.807) is 0 Å². The van der Waals surface area contributed by atoms with Crippen LogP contribution in [-0.2, 0) is 0 Å². The third-order valence-electron chi connectivity index (χ3n) is 13.6. The van der Waals surface area contributed by atoms with Crippen LogP contribution < -0.4 is 0 Å². The van der Waals surface area contributed by atoms with E-state index < -0.39 is 0 Å². The molecule has 0 saturated carbocycles. The Morgan fingerprint density at radius 3 is 1.68 bits per heavy atom. The van der Waals surface area contributed by atoms with Crippen molar-refractivity contribution < 1.29 is 0 Å². The Kier molecular flexibility index (Phi) is 6.86. The summed E-state index contributed by atoms with van der Waals surface area (Å²) in [5, 5.41) is 12.6. The van der Waals surface area contributed by atoms with Crippen LogP contribution in [0.1, 0.15) is 0 Å². The topological polar surface area (TPSA) is 9.86 Å². The standard InChI is InChI=1S/C60H36N2/c1-2-13-45(14-3-1)61-56-20-9-8-18-50(56)53-34-41(25-29-57(53)61)42-26-30-58-54(35-42)52-28-24-37-11-4-5-15-47(37)60(52)62(58)46-27-23-38-31-39(21-22-40(38)33-46)44-32-43-12-10-19-51-48-16-6-7-17-49(48)55(36-44)59(43)51/h1-36H. The third kappa shape index (κ3) is 4.75. The first-order chi connectivity index (χ1) is 30.7. The third-order valence-corrected chi connectivity index (χ3v) is 13.6. The molecule has 11 aromatic carbocycles. The number of hydrogen-bond donors (Lipinski definition) is 0. The predicted octanol–water partition coefficient (Wildman–Crippen LogP) is 16.3. The molecule has 1 aliphatic rings. The molecule has 0 atom stereocenters. The summed E-state index contributed by atoms with van der Waals surface area (Å²) in [5.41, 5.74) is 17.4. The second-order valence-corrected chi connectivity index (χ2v) is 16.9. The van der Waals surface area contributed by atoms with Crippen LogP contribution >= 0.6 is 0 Å². The van der Waals surface area contributed by atoms with Gasteiger partial charge in [0.2, 0.25) is 0 Å². The van der Waals surface area contributed by atoms with Crippen molar-refractivity contribution >= 4 is 75.9 Å². The quantitative estimate of drug-likeness (QED) is 0.168. The summed E-state index contributed by atoms with van der Waals surface area (Å²) in [6.45, 7) is 0. The smallest absolute Gasteiger partial charge is 0.0619 e. The predicted molar refractivity (Wildman–Crippen MR) is 263 cm³/mol. The molecule has 62 heavy (non-hydrogen) atoms. The molecule has 2 nitrogen and oxygen atoms in total. The van der Waals surface area contributed by atoms with E-state index in [0.717, 1.165) is 5.69 Å². The summed E-state index contributed by atoms with van der Waals surface area (Å²) in [7, 11) is 0. The van der Waals surface area contributed by atoms with Gasteiger partial charge in [0.15, 0.2) is 0 Å². The second-order valence-electron chi connectivity index (χ2n) is 16.9. The maximum absolute atomic E-state index is 2.49. The molecular formula is C60H36N2. The van der Waals surface area contributed by atoms with Crippen LogP contribution in [0.5, 0.6) is 0 Å². The summed E-state index contributed by atoms with van der Waals surface area (Å²) in [6.07, 6.45) is 0. The van der Waals surface area contributed by atoms with Crippen molar-refractivity contribution in [2.75, 3.05) is 0 Å². The van der Waals surface area contributed by atoms with Crippen LogP contribution in [0.15, 0.2) is 218 Å². The van der Waals surface area contributed by atoms with Crippen LogP contribution in [0.4, 0.5) is 0 Å². The van der Waals surface area contributed by atoms with Gasteiger partial charge in [-0.3, -0.25) is 0 Å². The normalized spacial score (nSPS) is 12.2. The van der Waals surface area contributed by atoms with Gasteiger partial charge < -0.3 is 9.13 Å². The number of aromatic nitrogens is 2. The van der Waals surface area contributed by atoms with Crippen LogP contribution in [0.3, 0.4) is 0 Å². The van der Waals surface area contributed by atoms with E-state index in [9.17, 15) is 0 Å². The van der Waals surface area contributed by atoms with Gasteiger partial charge in [0.25, 0.3) is 0 Å². The lowest BCUT2D eigenvalue weighted by molar-refractivity contribution is 1.18. The van der Waals surface area contributed by atoms with Gasteiger partial charge in [-0.15, -0.1) is 0 Å². The summed E-state index contributed by atoms with van der Waals surface area (Å²) in [4.78, 5) is 0. The molecule has 0 bridgehead atoms. The van der Waals surface area contributed by atoms with E-state index in [-0.39, 0.29) is 0 Å². The number of fused-ring (bicyclic) bond motifs is 12. The van der Waals surface area contributed by atoms with E-state index >= 15 is 0 Å². The van der Waals surface area contributed by atoms with Crippen molar-refractivity contribution in [3.63, 3.8) is 0 Å².